The molecule has 0 fully saturated rings. The van der Waals surface area contributed by atoms with E-state index in [0.717, 1.165) is 11.9 Å². The fourth-order valence-electron chi connectivity index (χ4n) is 3.90. The van der Waals surface area contributed by atoms with Crippen molar-refractivity contribution in [2.45, 2.75) is 6.54 Å². The number of aliphatic hydroxyl groups excluding tert-OH is 1. The van der Waals surface area contributed by atoms with Crippen LogP contribution in [0, 0.1) is 0 Å². The molecule has 0 radical (unpaired) electrons. The van der Waals surface area contributed by atoms with Crippen LogP contribution in [-0.2, 0) is 6.54 Å². The summed E-state index contributed by atoms with van der Waals surface area (Å²) in [5, 5.41) is 35.6. The van der Waals surface area contributed by atoms with Gasteiger partial charge in [0.2, 0.25) is 5.43 Å². The summed E-state index contributed by atoms with van der Waals surface area (Å²) in [5.74, 6) is 0.270. The zero-order valence-corrected chi connectivity index (χ0v) is 18.8. The Bertz CT molecular complexity index is 1310. The summed E-state index contributed by atoms with van der Waals surface area (Å²) >= 11 is 3.38. The van der Waals surface area contributed by atoms with E-state index in [1.54, 1.807) is 4.52 Å². The molecule has 0 saturated carbocycles. The van der Waals surface area contributed by atoms with Crippen LogP contribution in [0.5, 0.6) is 11.5 Å². The Morgan fingerprint density at radius 3 is 2.71 bits per heavy atom. The number of nitrogens with one attached hydrogen (secondary N) is 3. The standard InChI is InChI=1S/C21H24BrN5O4/c1-23-5-6-25-13-4-3-11-14(10-24-7-8-28)26-27-18(11)16(13)20(30)17-19(27)15(29)9-12(22)21(17)31-2/h3-4,9,23-25,28-29H,5-8,10H2,1-2H3. The minimum atomic E-state index is -0.247. The average molecular weight is 490 g/mol. The maximum absolute atomic E-state index is 13.7. The van der Waals surface area contributed by atoms with Crippen LogP contribution < -0.4 is 26.1 Å². The van der Waals surface area contributed by atoms with Crippen molar-refractivity contribution in [2.75, 3.05) is 45.7 Å². The Labute approximate surface area is 186 Å². The molecule has 2 aromatic carbocycles. The molecule has 0 amide bonds. The van der Waals surface area contributed by atoms with E-state index in [-0.39, 0.29) is 23.2 Å². The van der Waals surface area contributed by atoms with Crippen molar-refractivity contribution in [1.29, 1.82) is 0 Å². The SMILES string of the molecule is CNCCNc1ccc2c(CNCCO)nn3c4c(O)cc(Br)c(OC)c4c(=O)c1c23. The molecule has 2 aromatic heterocycles. The smallest absolute Gasteiger partial charge is 0.203 e. The van der Waals surface area contributed by atoms with E-state index < -0.39 is 0 Å². The van der Waals surface area contributed by atoms with E-state index in [1.165, 1.54) is 13.2 Å². The summed E-state index contributed by atoms with van der Waals surface area (Å²) in [5.41, 5.74) is 2.09. The third-order valence-corrected chi connectivity index (χ3v) is 5.84. The molecule has 0 aliphatic carbocycles. The second-order valence-electron chi connectivity index (χ2n) is 7.14. The molecule has 9 nitrogen and oxygen atoms in total. The lowest BCUT2D eigenvalue weighted by Crippen LogP contribution is -2.19. The first-order valence-electron chi connectivity index (χ1n) is 9.92. The molecule has 164 valence electrons. The van der Waals surface area contributed by atoms with Crippen LogP contribution >= 0.6 is 15.9 Å². The number of nitrogens with zero attached hydrogens (tertiary/aromatic N) is 2. The molecular formula is C21H24BrN5O4. The van der Waals surface area contributed by atoms with Gasteiger partial charge in [0.15, 0.2) is 0 Å². The molecule has 0 aliphatic heterocycles. The molecule has 4 aromatic rings. The van der Waals surface area contributed by atoms with Gasteiger partial charge in [-0.2, -0.15) is 5.10 Å². The number of aromatic hydroxyl groups is 1. The molecule has 2 heterocycles. The Morgan fingerprint density at radius 1 is 1.19 bits per heavy atom. The summed E-state index contributed by atoms with van der Waals surface area (Å²) < 4.78 is 7.61. The fraction of sp³-hybridized carbons (Fsp3) is 0.333. The van der Waals surface area contributed by atoms with E-state index in [4.69, 9.17) is 14.9 Å². The number of ether oxygens (including phenoxy) is 1. The van der Waals surface area contributed by atoms with Gasteiger partial charge in [0.05, 0.1) is 40.2 Å². The molecule has 0 atom stereocenters. The lowest BCUT2D eigenvalue weighted by Gasteiger charge is -2.14. The van der Waals surface area contributed by atoms with Crippen LogP contribution in [0.2, 0.25) is 0 Å². The first-order valence-corrected chi connectivity index (χ1v) is 10.7. The largest absolute Gasteiger partial charge is 0.506 e. The summed E-state index contributed by atoms with van der Waals surface area (Å²) in [4.78, 5) is 13.7. The molecule has 0 spiro atoms. The number of aromatic nitrogens is 2. The molecule has 10 heteroatoms. The van der Waals surface area contributed by atoms with Crippen molar-refractivity contribution in [3.05, 3.63) is 38.6 Å². The highest BCUT2D eigenvalue weighted by Gasteiger charge is 2.24. The fourth-order valence-corrected chi connectivity index (χ4v) is 4.48. The van der Waals surface area contributed by atoms with Crippen LogP contribution in [0.4, 0.5) is 5.69 Å². The number of halogens is 1. The van der Waals surface area contributed by atoms with Crippen LogP contribution in [0.1, 0.15) is 5.69 Å². The number of phenolic OH excluding ortho intramolecular Hbond substituents is 1. The predicted octanol–water partition coefficient (Wildman–Crippen LogP) is 1.63. The molecule has 0 aliphatic rings. The number of hydrogen-bond acceptors (Lipinski definition) is 8. The van der Waals surface area contributed by atoms with Crippen molar-refractivity contribution < 1.29 is 14.9 Å². The number of pyridine rings is 1. The average Bonchev–Trinajstić information content (AvgIpc) is 3.11. The molecule has 0 saturated heterocycles. The number of phenols is 1. The quantitative estimate of drug-likeness (QED) is 0.178. The molecule has 5 N–H and O–H groups in total. The number of benzene rings is 2. The maximum Gasteiger partial charge on any atom is 0.203 e. The van der Waals surface area contributed by atoms with Gasteiger partial charge in [0.25, 0.3) is 0 Å². The molecule has 4 rings (SSSR count). The van der Waals surface area contributed by atoms with Gasteiger partial charge in [-0.3, -0.25) is 4.79 Å². The predicted molar refractivity (Wildman–Crippen MR) is 125 cm³/mol. The second-order valence-corrected chi connectivity index (χ2v) is 7.99. The lowest BCUT2D eigenvalue weighted by atomic mass is 10.0. The van der Waals surface area contributed by atoms with Crippen LogP contribution in [-0.4, -0.2) is 60.2 Å². The molecule has 0 unspecified atom stereocenters. The minimum absolute atomic E-state index is 0.0107. The number of anilines is 1. The number of rotatable bonds is 9. The zero-order chi connectivity index (χ0) is 22.1. The van der Waals surface area contributed by atoms with Crippen LogP contribution in [0.15, 0.2) is 27.5 Å². The van der Waals surface area contributed by atoms with E-state index >= 15 is 0 Å². The van der Waals surface area contributed by atoms with E-state index in [0.29, 0.717) is 57.7 Å². The first kappa shape index (κ1) is 21.6. The topological polar surface area (TPSA) is 120 Å². The van der Waals surface area contributed by atoms with Crippen molar-refractivity contribution in [2.24, 2.45) is 0 Å². The van der Waals surface area contributed by atoms with E-state index in [2.05, 4.69) is 31.9 Å². The van der Waals surface area contributed by atoms with Gasteiger partial charge >= 0.3 is 0 Å². The summed E-state index contributed by atoms with van der Waals surface area (Å²) in [6.45, 7) is 2.21. The maximum atomic E-state index is 13.7. The number of aliphatic hydroxyl groups is 1. The van der Waals surface area contributed by atoms with E-state index in [9.17, 15) is 9.90 Å². The number of methoxy groups -OCH3 is 1. The Balaban J connectivity index is 2.11. The Kier molecular flexibility index (Phi) is 6.15. The van der Waals surface area contributed by atoms with Crippen molar-refractivity contribution >= 4 is 48.8 Å². The number of likely N-dealkylation sites (N-methyl/N-ethyl adjacent to an activating group) is 1. The summed E-state index contributed by atoms with van der Waals surface area (Å²) in [7, 11) is 3.35. The Morgan fingerprint density at radius 2 is 2.00 bits per heavy atom. The van der Waals surface area contributed by atoms with Crippen molar-refractivity contribution in [1.82, 2.24) is 20.2 Å². The third kappa shape index (κ3) is 3.55. The monoisotopic (exact) mass is 489 g/mol. The van der Waals surface area contributed by atoms with Gasteiger partial charge in [0, 0.05) is 43.3 Å². The number of fused-ring (bicyclic) bond motifs is 2. The summed E-state index contributed by atoms with van der Waals surface area (Å²) in [6.07, 6.45) is 0. The van der Waals surface area contributed by atoms with Gasteiger partial charge < -0.3 is 30.9 Å². The van der Waals surface area contributed by atoms with Crippen molar-refractivity contribution in [3.8, 4) is 11.5 Å². The third-order valence-electron chi connectivity index (χ3n) is 5.25. The zero-order valence-electron chi connectivity index (χ0n) is 17.3. The van der Waals surface area contributed by atoms with Gasteiger partial charge in [-0.05, 0) is 35.1 Å². The van der Waals surface area contributed by atoms with E-state index in [1.807, 2.05) is 19.2 Å². The van der Waals surface area contributed by atoms with Gasteiger partial charge in [-0.25, -0.2) is 4.52 Å². The summed E-state index contributed by atoms with van der Waals surface area (Å²) in [6, 6.07) is 5.30. The lowest BCUT2D eigenvalue weighted by molar-refractivity contribution is 0.291. The van der Waals surface area contributed by atoms with Crippen molar-refractivity contribution in [3.63, 3.8) is 0 Å². The highest BCUT2D eigenvalue weighted by atomic mass is 79.9. The van der Waals surface area contributed by atoms with Gasteiger partial charge in [-0.1, -0.05) is 0 Å². The highest BCUT2D eigenvalue weighted by Crippen LogP contribution is 2.40. The van der Waals surface area contributed by atoms with Gasteiger partial charge in [-0.15, -0.1) is 0 Å². The van der Waals surface area contributed by atoms with Crippen LogP contribution in [0.3, 0.4) is 0 Å². The van der Waals surface area contributed by atoms with Crippen LogP contribution in [0.25, 0.3) is 27.2 Å². The Hall–Kier alpha value is -2.66. The number of hydrogen-bond donors (Lipinski definition) is 5. The minimum Gasteiger partial charge on any atom is -0.506 e. The normalized spacial score (nSPS) is 11.7. The first-order chi connectivity index (χ1) is 15.0. The molecule has 31 heavy (non-hydrogen) atoms. The molecular weight excluding hydrogens is 466 g/mol. The highest BCUT2D eigenvalue weighted by molar-refractivity contribution is 9.10. The second kappa shape index (κ2) is 8.83. The molecule has 0 bridgehead atoms. The van der Waals surface area contributed by atoms with Gasteiger partial charge in [0.1, 0.15) is 17.0 Å².